The van der Waals surface area contributed by atoms with Crippen LogP contribution in [0.2, 0.25) is 0 Å². The first-order chi connectivity index (χ1) is 10.3. The molecule has 0 aromatic carbocycles. The zero-order valence-corrected chi connectivity index (χ0v) is 14.0. The van der Waals surface area contributed by atoms with Gasteiger partial charge in [0.15, 0.2) is 0 Å². The van der Waals surface area contributed by atoms with Crippen molar-refractivity contribution in [1.29, 1.82) is 0 Å². The van der Waals surface area contributed by atoms with Crippen molar-refractivity contribution in [3.63, 3.8) is 0 Å². The van der Waals surface area contributed by atoms with Crippen LogP contribution in [0.4, 0.5) is 0 Å². The number of carbonyl (C=O) groups is 2. The van der Waals surface area contributed by atoms with Crippen LogP contribution in [0.3, 0.4) is 0 Å². The van der Waals surface area contributed by atoms with Crippen molar-refractivity contribution in [3.05, 3.63) is 0 Å². The van der Waals surface area contributed by atoms with E-state index in [1.165, 1.54) is 0 Å². The van der Waals surface area contributed by atoms with E-state index in [9.17, 15) is 9.59 Å². The number of likely N-dealkylation sites (tertiary alicyclic amines) is 1. The van der Waals surface area contributed by atoms with Crippen LogP contribution in [-0.4, -0.2) is 72.6 Å². The third-order valence-electron chi connectivity index (χ3n) is 5.05. The van der Waals surface area contributed by atoms with Gasteiger partial charge in [0, 0.05) is 18.5 Å². The monoisotopic (exact) mass is 309 g/mol. The summed E-state index contributed by atoms with van der Waals surface area (Å²) >= 11 is 0. The van der Waals surface area contributed by atoms with Crippen molar-refractivity contribution >= 4 is 11.8 Å². The van der Waals surface area contributed by atoms with E-state index < -0.39 is 0 Å². The number of likely N-dealkylation sites (N-methyl/N-ethyl adjacent to an activating group) is 1. The van der Waals surface area contributed by atoms with E-state index in [-0.39, 0.29) is 35.4 Å². The Morgan fingerprint density at radius 3 is 2.41 bits per heavy atom. The molecule has 2 amide bonds. The Morgan fingerprint density at radius 1 is 1.27 bits per heavy atom. The molecule has 2 aliphatic heterocycles. The molecule has 124 valence electrons. The molecule has 1 aliphatic carbocycles. The standard InChI is InChI=1S/C16H27N3O3/c1-10(2)17-14(20)13-6-22-16(7-18(13)4)8-19(9-16)15(21)12-5-11(12)3/h10-13H,5-9H2,1-4H3,(H,17,20)/t11-,12+,13-/m0/s1. The highest BCUT2D eigenvalue weighted by Crippen LogP contribution is 2.42. The Balaban J connectivity index is 1.51. The summed E-state index contributed by atoms with van der Waals surface area (Å²) in [5, 5.41) is 2.94. The van der Waals surface area contributed by atoms with E-state index >= 15 is 0 Å². The number of rotatable bonds is 3. The fraction of sp³-hybridized carbons (Fsp3) is 0.875. The van der Waals surface area contributed by atoms with Gasteiger partial charge >= 0.3 is 0 Å². The molecule has 0 unspecified atom stereocenters. The minimum atomic E-state index is -0.267. The van der Waals surface area contributed by atoms with Crippen molar-refractivity contribution in [2.24, 2.45) is 11.8 Å². The number of morpholine rings is 1. The van der Waals surface area contributed by atoms with Gasteiger partial charge in [-0.2, -0.15) is 0 Å². The number of hydrogen-bond donors (Lipinski definition) is 1. The molecule has 3 aliphatic rings. The smallest absolute Gasteiger partial charge is 0.239 e. The Morgan fingerprint density at radius 2 is 1.91 bits per heavy atom. The molecule has 1 spiro atoms. The highest BCUT2D eigenvalue weighted by molar-refractivity contribution is 5.83. The van der Waals surface area contributed by atoms with Crippen LogP contribution in [0.5, 0.6) is 0 Å². The first-order valence-electron chi connectivity index (χ1n) is 8.25. The third kappa shape index (κ3) is 2.86. The fourth-order valence-electron chi connectivity index (χ4n) is 3.55. The minimum Gasteiger partial charge on any atom is -0.368 e. The fourth-order valence-corrected chi connectivity index (χ4v) is 3.55. The van der Waals surface area contributed by atoms with E-state index in [1.807, 2.05) is 25.8 Å². The molecule has 3 atom stereocenters. The van der Waals surface area contributed by atoms with Gasteiger partial charge in [0.25, 0.3) is 0 Å². The lowest BCUT2D eigenvalue weighted by molar-refractivity contribution is -0.202. The lowest BCUT2D eigenvalue weighted by Gasteiger charge is -2.55. The van der Waals surface area contributed by atoms with Crippen LogP contribution in [0.1, 0.15) is 27.2 Å². The van der Waals surface area contributed by atoms with Gasteiger partial charge in [-0.3, -0.25) is 14.5 Å². The summed E-state index contributed by atoms with van der Waals surface area (Å²) in [4.78, 5) is 28.3. The van der Waals surface area contributed by atoms with Crippen molar-refractivity contribution < 1.29 is 14.3 Å². The largest absolute Gasteiger partial charge is 0.368 e. The Bertz CT molecular complexity index is 473. The number of nitrogens with zero attached hydrogens (tertiary/aromatic N) is 2. The molecular formula is C16H27N3O3. The van der Waals surface area contributed by atoms with E-state index in [1.54, 1.807) is 0 Å². The average Bonchev–Trinajstić information content (AvgIpc) is 3.11. The number of ether oxygens (including phenoxy) is 1. The summed E-state index contributed by atoms with van der Waals surface area (Å²) in [6, 6.07) is -0.102. The second-order valence-corrected chi connectivity index (χ2v) is 7.60. The molecule has 0 bridgehead atoms. The first kappa shape index (κ1) is 15.7. The lowest BCUT2D eigenvalue weighted by Crippen LogP contribution is -2.73. The normalized spacial score (nSPS) is 33.7. The number of nitrogens with one attached hydrogen (secondary N) is 1. The molecule has 3 rings (SSSR count). The summed E-state index contributed by atoms with van der Waals surface area (Å²) in [6.45, 7) is 8.47. The van der Waals surface area contributed by atoms with E-state index in [0.717, 1.165) is 6.42 Å². The number of carbonyl (C=O) groups excluding carboxylic acids is 2. The molecule has 22 heavy (non-hydrogen) atoms. The highest BCUT2D eigenvalue weighted by atomic mass is 16.5. The number of amides is 2. The molecule has 1 N–H and O–H groups in total. The Labute approximate surface area is 132 Å². The molecule has 2 heterocycles. The maximum Gasteiger partial charge on any atom is 0.239 e. The molecule has 6 heteroatoms. The Kier molecular flexibility index (Phi) is 3.93. The van der Waals surface area contributed by atoms with Crippen LogP contribution in [0.25, 0.3) is 0 Å². The van der Waals surface area contributed by atoms with Gasteiger partial charge in [-0.1, -0.05) is 6.92 Å². The van der Waals surface area contributed by atoms with Crippen LogP contribution < -0.4 is 5.32 Å². The highest BCUT2D eigenvalue weighted by Gasteiger charge is 2.54. The quantitative estimate of drug-likeness (QED) is 0.802. The van der Waals surface area contributed by atoms with Gasteiger partial charge in [-0.05, 0) is 33.2 Å². The maximum atomic E-state index is 12.2. The van der Waals surface area contributed by atoms with Crippen molar-refractivity contribution in [2.45, 2.75) is 44.9 Å². The van der Waals surface area contributed by atoms with Gasteiger partial charge in [-0.25, -0.2) is 0 Å². The SMILES string of the molecule is CC(C)NC(=O)[C@@H]1COC2(CN(C(=O)[C@@H]3C[C@@H]3C)C2)CN1C. The van der Waals surface area contributed by atoms with Crippen LogP contribution in [-0.2, 0) is 14.3 Å². The molecule has 1 saturated carbocycles. The van der Waals surface area contributed by atoms with Gasteiger partial charge in [0.2, 0.25) is 11.8 Å². The minimum absolute atomic E-state index is 0.0198. The Hall–Kier alpha value is -1.14. The predicted molar refractivity (Wildman–Crippen MR) is 82.2 cm³/mol. The lowest BCUT2D eigenvalue weighted by atomic mass is 9.90. The van der Waals surface area contributed by atoms with Gasteiger partial charge in [-0.15, -0.1) is 0 Å². The summed E-state index contributed by atoms with van der Waals surface area (Å²) in [5.74, 6) is 1.09. The molecule has 3 fully saturated rings. The molecular weight excluding hydrogens is 282 g/mol. The summed E-state index contributed by atoms with van der Waals surface area (Å²) in [5.41, 5.74) is -0.267. The van der Waals surface area contributed by atoms with Crippen LogP contribution in [0.15, 0.2) is 0 Å². The van der Waals surface area contributed by atoms with Crippen LogP contribution >= 0.6 is 0 Å². The maximum absolute atomic E-state index is 12.2. The summed E-state index contributed by atoms with van der Waals surface area (Å²) in [7, 11) is 1.96. The van der Waals surface area contributed by atoms with E-state index in [2.05, 4.69) is 17.1 Å². The zero-order chi connectivity index (χ0) is 16.1. The van der Waals surface area contributed by atoms with Crippen molar-refractivity contribution in [2.75, 3.05) is 33.3 Å². The molecule has 0 aromatic heterocycles. The predicted octanol–water partition coefficient (Wildman–Crippen LogP) is 0.0786. The van der Waals surface area contributed by atoms with Gasteiger partial charge in [0.05, 0.1) is 19.7 Å². The number of hydrogen-bond acceptors (Lipinski definition) is 4. The van der Waals surface area contributed by atoms with Crippen molar-refractivity contribution in [3.8, 4) is 0 Å². The average molecular weight is 309 g/mol. The summed E-state index contributed by atoms with van der Waals surface area (Å²) in [6.07, 6.45) is 1.03. The van der Waals surface area contributed by atoms with E-state index in [0.29, 0.717) is 32.2 Å². The third-order valence-corrected chi connectivity index (χ3v) is 5.05. The molecule has 0 radical (unpaired) electrons. The molecule has 2 saturated heterocycles. The van der Waals surface area contributed by atoms with Gasteiger partial charge in [0.1, 0.15) is 11.6 Å². The second kappa shape index (κ2) is 5.49. The molecule has 6 nitrogen and oxygen atoms in total. The summed E-state index contributed by atoms with van der Waals surface area (Å²) < 4.78 is 6.00. The van der Waals surface area contributed by atoms with Crippen LogP contribution in [0, 0.1) is 11.8 Å². The first-order valence-corrected chi connectivity index (χ1v) is 8.25. The topological polar surface area (TPSA) is 61.9 Å². The van der Waals surface area contributed by atoms with Gasteiger partial charge < -0.3 is 15.0 Å². The second-order valence-electron chi connectivity index (χ2n) is 7.60. The zero-order valence-electron chi connectivity index (χ0n) is 14.0. The van der Waals surface area contributed by atoms with Crippen molar-refractivity contribution in [1.82, 2.24) is 15.1 Å². The molecule has 0 aromatic rings. The van der Waals surface area contributed by atoms with E-state index in [4.69, 9.17) is 4.74 Å².